The lowest BCUT2D eigenvalue weighted by atomic mass is 9.68. The number of thioether (sulfide) groups is 1. The van der Waals surface area contributed by atoms with E-state index in [0.717, 1.165) is 33.2 Å². The summed E-state index contributed by atoms with van der Waals surface area (Å²) in [6, 6.07) is 18.0. The maximum atomic E-state index is 13.4. The maximum Gasteiger partial charge on any atom is 0.305 e. The zero-order chi connectivity index (χ0) is 26.8. The van der Waals surface area contributed by atoms with Crippen molar-refractivity contribution in [3.63, 3.8) is 0 Å². The highest BCUT2D eigenvalue weighted by atomic mass is 32.2. The first-order valence-corrected chi connectivity index (χ1v) is 14.8. The van der Waals surface area contributed by atoms with Gasteiger partial charge in [0.1, 0.15) is 12.4 Å². The minimum Gasteiger partial charge on any atom is -0.489 e. The Bertz CT molecular complexity index is 1520. The number of carbonyl (C=O) groups is 3. The van der Waals surface area contributed by atoms with Crippen LogP contribution in [0.1, 0.15) is 34.8 Å². The van der Waals surface area contributed by atoms with E-state index in [-0.39, 0.29) is 58.6 Å². The van der Waals surface area contributed by atoms with Crippen LogP contribution in [0.3, 0.4) is 0 Å². The number of likely N-dealkylation sites (tertiary alicyclic amines) is 1. The van der Waals surface area contributed by atoms with Crippen molar-refractivity contribution >= 4 is 40.9 Å². The number of carbonyl (C=O) groups excluding carboxylic acids is 2. The van der Waals surface area contributed by atoms with E-state index in [1.165, 1.54) is 16.2 Å². The monoisotopic (exact) mass is 562 g/mol. The number of amides is 2. The van der Waals surface area contributed by atoms with Crippen molar-refractivity contribution in [2.75, 3.05) is 6.54 Å². The van der Waals surface area contributed by atoms with Crippen LogP contribution in [-0.4, -0.2) is 44.6 Å². The number of ether oxygens (including phenoxy) is 1. The lowest BCUT2D eigenvalue weighted by Crippen LogP contribution is -2.42. The number of carboxylic acid groups (broad SMARTS) is 1. The first-order valence-electron chi connectivity index (χ1n) is 13.1. The van der Waals surface area contributed by atoms with Gasteiger partial charge in [-0.05, 0) is 47.4 Å². The number of thiazole rings is 1. The average molecular weight is 563 g/mol. The Labute approximate surface area is 232 Å². The second kappa shape index (κ2) is 9.38. The largest absolute Gasteiger partial charge is 0.489 e. The van der Waals surface area contributed by atoms with Gasteiger partial charge in [0, 0.05) is 22.6 Å². The Morgan fingerprint density at radius 2 is 1.72 bits per heavy atom. The molecule has 7 atom stereocenters. The molecular formula is C29H26N2O6S2. The number of imide groups is 1. The molecule has 6 unspecified atom stereocenters. The van der Waals surface area contributed by atoms with E-state index in [1.807, 2.05) is 42.5 Å². The Hall–Kier alpha value is -3.37. The van der Waals surface area contributed by atoms with Crippen LogP contribution in [0.4, 0.5) is 0 Å². The number of H-pyrrole nitrogens is 1. The van der Waals surface area contributed by atoms with Crippen molar-refractivity contribution in [1.82, 2.24) is 9.88 Å². The summed E-state index contributed by atoms with van der Waals surface area (Å²) >= 11 is 2.87. The van der Waals surface area contributed by atoms with Crippen molar-refractivity contribution in [3.8, 4) is 5.75 Å². The first kappa shape index (κ1) is 24.7. The number of aliphatic carboxylic acids is 1. The fourth-order valence-corrected chi connectivity index (χ4v) is 10.3. The van der Waals surface area contributed by atoms with Gasteiger partial charge in [0.15, 0.2) is 0 Å². The van der Waals surface area contributed by atoms with Crippen LogP contribution in [-0.2, 0) is 21.0 Å². The van der Waals surface area contributed by atoms with Gasteiger partial charge in [0.25, 0.3) is 0 Å². The SMILES string of the molecule is O=C(O)CCN1C(=O)C2C3CC(C2C1=O)C1C3Sc2[nH]c(=O)sc2[C@@H]1c1ccc(OCc2ccccc2)cc1. The zero-order valence-corrected chi connectivity index (χ0v) is 22.5. The highest BCUT2D eigenvalue weighted by molar-refractivity contribution is 8.00. The van der Waals surface area contributed by atoms with Crippen LogP contribution in [0, 0.1) is 29.6 Å². The molecule has 3 aromatic rings. The molecule has 1 saturated heterocycles. The molecule has 8 nitrogen and oxygen atoms in total. The molecule has 2 amide bonds. The molecule has 3 heterocycles. The summed E-state index contributed by atoms with van der Waals surface area (Å²) in [4.78, 5) is 55.4. The third-order valence-corrected chi connectivity index (χ3v) is 11.4. The summed E-state index contributed by atoms with van der Waals surface area (Å²) in [6.07, 6.45) is 0.559. The second-order valence-electron chi connectivity index (χ2n) is 10.8. The van der Waals surface area contributed by atoms with Crippen LogP contribution in [0.5, 0.6) is 5.75 Å². The predicted molar refractivity (Wildman–Crippen MR) is 145 cm³/mol. The normalized spacial score (nSPS) is 30.3. The van der Waals surface area contributed by atoms with Crippen molar-refractivity contribution in [2.24, 2.45) is 29.6 Å². The molecule has 2 aliphatic carbocycles. The number of benzene rings is 2. The van der Waals surface area contributed by atoms with Crippen molar-refractivity contribution in [3.05, 3.63) is 80.3 Å². The molecule has 39 heavy (non-hydrogen) atoms. The van der Waals surface area contributed by atoms with E-state index in [9.17, 15) is 19.2 Å². The number of carboxylic acids is 1. The second-order valence-corrected chi connectivity index (χ2v) is 13.0. The molecule has 0 spiro atoms. The molecule has 2 N–H and O–H groups in total. The van der Waals surface area contributed by atoms with E-state index in [1.54, 1.807) is 11.8 Å². The third kappa shape index (κ3) is 3.95. The fraction of sp³-hybridized carbons (Fsp3) is 0.379. The standard InChI is InChI=1S/C29H26N2O6S2/c32-19(33)10-11-31-27(34)22-17-12-18(23(22)28(31)35)24-21(17)20(25-26(38-24)30-29(36)39-25)15-6-8-16(9-7-15)37-13-14-4-2-1-3-5-14/h1-9,17-18,20-24H,10-13H2,(H,30,36)(H,32,33)/t17?,18?,20-,21?,22?,23?,24?/m1/s1. The van der Waals surface area contributed by atoms with Crippen molar-refractivity contribution in [2.45, 2.75) is 35.6 Å². The summed E-state index contributed by atoms with van der Waals surface area (Å²) in [5.41, 5.74) is 2.15. The number of hydrogen-bond donors (Lipinski definition) is 2. The Kier molecular flexibility index (Phi) is 5.93. The van der Waals surface area contributed by atoms with Gasteiger partial charge in [-0.1, -0.05) is 53.8 Å². The average Bonchev–Trinajstić information content (AvgIpc) is 3.66. The molecule has 2 saturated carbocycles. The van der Waals surface area contributed by atoms with Gasteiger partial charge in [-0.15, -0.1) is 11.8 Å². The fourth-order valence-electron chi connectivity index (χ4n) is 7.39. The predicted octanol–water partition coefficient (Wildman–Crippen LogP) is 3.96. The van der Waals surface area contributed by atoms with Gasteiger partial charge >= 0.3 is 10.8 Å². The lowest BCUT2D eigenvalue weighted by Gasteiger charge is -2.43. The lowest BCUT2D eigenvalue weighted by molar-refractivity contribution is -0.142. The number of nitrogens with zero attached hydrogens (tertiary/aromatic N) is 1. The Balaban J connectivity index is 1.19. The van der Waals surface area contributed by atoms with Crippen LogP contribution < -0.4 is 9.61 Å². The topological polar surface area (TPSA) is 117 Å². The number of nitrogens with one attached hydrogen (secondary N) is 1. The van der Waals surface area contributed by atoms with Gasteiger partial charge in [-0.3, -0.25) is 24.1 Å². The molecule has 1 aromatic heterocycles. The molecule has 10 heteroatoms. The molecule has 2 bridgehead atoms. The van der Waals surface area contributed by atoms with Gasteiger partial charge in [-0.25, -0.2) is 0 Å². The Morgan fingerprint density at radius 3 is 2.44 bits per heavy atom. The van der Waals surface area contributed by atoms with Gasteiger partial charge < -0.3 is 14.8 Å². The summed E-state index contributed by atoms with van der Waals surface area (Å²) in [5, 5.41) is 10.1. The number of hydrogen-bond acceptors (Lipinski definition) is 7. The van der Waals surface area contributed by atoms with Crippen molar-refractivity contribution in [1.29, 1.82) is 0 Å². The number of fused-ring (bicyclic) bond motifs is 9. The minimum atomic E-state index is -1.02. The summed E-state index contributed by atoms with van der Waals surface area (Å²) in [5.74, 6) is -1.45. The molecule has 4 aliphatic rings. The molecule has 2 aliphatic heterocycles. The van der Waals surface area contributed by atoms with E-state index in [2.05, 4.69) is 17.1 Å². The minimum absolute atomic E-state index is 0.00753. The van der Waals surface area contributed by atoms with Crippen LogP contribution >= 0.6 is 23.1 Å². The highest BCUT2D eigenvalue weighted by Crippen LogP contribution is 2.68. The molecule has 7 rings (SSSR count). The molecule has 2 aromatic carbocycles. The van der Waals surface area contributed by atoms with Gasteiger partial charge in [0.05, 0.1) is 23.3 Å². The third-order valence-electron chi connectivity index (χ3n) is 8.85. The molecule has 3 fully saturated rings. The molecular weight excluding hydrogens is 536 g/mol. The summed E-state index contributed by atoms with van der Waals surface area (Å²) in [7, 11) is 0. The first-order chi connectivity index (χ1) is 18.9. The smallest absolute Gasteiger partial charge is 0.305 e. The van der Waals surface area contributed by atoms with Gasteiger partial charge in [-0.2, -0.15) is 0 Å². The quantitative estimate of drug-likeness (QED) is 0.419. The summed E-state index contributed by atoms with van der Waals surface area (Å²) in [6.45, 7) is 0.395. The molecule has 200 valence electrons. The zero-order valence-electron chi connectivity index (χ0n) is 20.8. The highest BCUT2D eigenvalue weighted by Gasteiger charge is 2.69. The van der Waals surface area contributed by atoms with E-state index < -0.39 is 17.8 Å². The van der Waals surface area contributed by atoms with E-state index in [0.29, 0.717) is 6.61 Å². The van der Waals surface area contributed by atoms with Crippen LogP contribution in [0.2, 0.25) is 0 Å². The van der Waals surface area contributed by atoms with E-state index >= 15 is 0 Å². The van der Waals surface area contributed by atoms with E-state index in [4.69, 9.17) is 9.84 Å². The van der Waals surface area contributed by atoms with Crippen LogP contribution in [0.15, 0.2) is 64.4 Å². The van der Waals surface area contributed by atoms with Crippen molar-refractivity contribution < 1.29 is 24.2 Å². The number of aromatic amines is 1. The van der Waals surface area contributed by atoms with Gasteiger partial charge in [0.2, 0.25) is 11.8 Å². The van der Waals surface area contributed by atoms with Crippen LogP contribution in [0.25, 0.3) is 0 Å². The summed E-state index contributed by atoms with van der Waals surface area (Å²) < 4.78 is 5.99. The maximum absolute atomic E-state index is 13.4. The number of aromatic nitrogens is 1. The number of rotatable bonds is 7. The Morgan fingerprint density at radius 1 is 1.00 bits per heavy atom. The molecule has 0 radical (unpaired) electrons.